The maximum absolute atomic E-state index is 11.5. The topological polar surface area (TPSA) is 125 Å². The number of fused-ring (bicyclic) bond motifs is 1. The Labute approximate surface area is 155 Å². The summed E-state index contributed by atoms with van der Waals surface area (Å²) in [6.45, 7) is 2.87. The molecule has 0 bridgehead atoms. The molecular formula is C16H21N5O6. The van der Waals surface area contributed by atoms with Crippen LogP contribution in [0.5, 0.6) is 0 Å². The zero-order valence-corrected chi connectivity index (χ0v) is 15.4. The quantitative estimate of drug-likeness (QED) is 0.693. The first-order chi connectivity index (χ1) is 12.9. The summed E-state index contributed by atoms with van der Waals surface area (Å²) in [6.07, 6.45) is 0.140. The monoisotopic (exact) mass is 379 g/mol. The van der Waals surface area contributed by atoms with Crippen LogP contribution in [-0.4, -0.2) is 54.3 Å². The molecule has 0 amide bonds. The highest BCUT2D eigenvalue weighted by atomic mass is 16.6. The number of methoxy groups -OCH3 is 1. The van der Waals surface area contributed by atoms with Gasteiger partial charge in [-0.15, -0.1) is 0 Å². The van der Waals surface area contributed by atoms with Gasteiger partial charge in [0.25, 0.3) is 0 Å². The first-order valence-electron chi connectivity index (χ1n) is 8.22. The molecule has 2 N–H and O–H groups in total. The Balaban J connectivity index is 1.93. The number of aliphatic imine (C=N–C) groups is 1. The second-order valence-electron chi connectivity index (χ2n) is 5.82. The van der Waals surface area contributed by atoms with E-state index in [-0.39, 0.29) is 18.1 Å². The molecule has 146 valence electrons. The zero-order chi connectivity index (χ0) is 19.6. The van der Waals surface area contributed by atoms with E-state index in [4.69, 9.17) is 18.9 Å². The van der Waals surface area contributed by atoms with Crippen molar-refractivity contribution in [3.8, 4) is 0 Å². The summed E-state index contributed by atoms with van der Waals surface area (Å²) in [5, 5.41) is 6.21. The summed E-state index contributed by atoms with van der Waals surface area (Å²) in [7, 11) is 3.12. The number of guanidine groups is 1. The van der Waals surface area contributed by atoms with Crippen LogP contribution < -0.4 is 10.6 Å². The Morgan fingerprint density at radius 1 is 1.41 bits per heavy atom. The molecule has 0 radical (unpaired) electrons. The van der Waals surface area contributed by atoms with Gasteiger partial charge in [-0.1, -0.05) is 0 Å². The van der Waals surface area contributed by atoms with Crippen molar-refractivity contribution >= 4 is 23.7 Å². The van der Waals surface area contributed by atoms with Gasteiger partial charge in [0, 0.05) is 28.0 Å². The van der Waals surface area contributed by atoms with E-state index in [1.807, 2.05) is 0 Å². The largest absolute Gasteiger partial charge is 0.464 e. The van der Waals surface area contributed by atoms with Gasteiger partial charge in [-0.3, -0.25) is 19.1 Å². The van der Waals surface area contributed by atoms with Crippen LogP contribution in [0.3, 0.4) is 0 Å². The number of carbonyl (C=O) groups is 2. The number of esters is 2. The van der Waals surface area contributed by atoms with Gasteiger partial charge in [0.2, 0.25) is 6.23 Å². The Hall–Kier alpha value is -3.08. The summed E-state index contributed by atoms with van der Waals surface area (Å²) in [6, 6.07) is 0. The normalized spacial score (nSPS) is 22.6. The Morgan fingerprint density at radius 2 is 2.19 bits per heavy atom. The summed E-state index contributed by atoms with van der Waals surface area (Å²) in [5.41, 5.74) is 0.767. The van der Waals surface area contributed by atoms with Crippen molar-refractivity contribution in [1.82, 2.24) is 14.9 Å². The fraction of sp³-hybridized carbons (Fsp3) is 0.500. The molecule has 3 heterocycles. The molecular weight excluding hydrogens is 358 g/mol. The Bertz CT molecular complexity index is 814. The molecule has 1 aromatic heterocycles. The molecule has 0 spiro atoms. The van der Waals surface area contributed by atoms with Gasteiger partial charge in [0.1, 0.15) is 11.5 Å². The van der Waals surface area contributed by atoms with Crippen molar-refractivity contribution in [3.63, 3.8) is 0 Å². The van der Waals surface area contributed by atoms with Crippen LogP contribution in [0.15, 0.2) is 22.8 Å². The third-order valence-corrected chi connectivity index (χ3v) is 4.00. The van der Waals surface area contributed by atoms with Crippen molar-refractivity contribution in [2.45, 2.75) is 32.7 Å². The number of nitrogens with zero attached hydrogens (tertiary/aromatic N) is 3. The fourth-order valence-electron chi connectivity index (χ4n) is 2.84. The average Bonchev–Trinajstić information content (AvgIpc) is 3.19. The maximum atomic E-state index is 11.5. The molecule has 0 aromatic carbocycles. The fourth-order valence-corrected chi connectivity index (χ4v) is 2.84. The minimum atomic E-state index is -0.739. The summed E-state index contributed by atoms with van der Waals surface area (Å²) >= 11 is 0. The van der Waals surface area contributed by atoms with Crippen LogP contribution in [-0.2, 0) is 35.1 Å². The third-order valence-electron chi connectivity index (χ3n) is 4.00. The van der Waals surface area contributed by atoms with E-state index >= 15 is 0 Å². The SMILES string of the molecule is CN=C1NCc2ncn([C@@H]3OC(COC(C)=O)=C(OC(C)=O)C3OC)c2N1. The molecule has 2 atom stereocenters. The van der Waals surface area contributed by atoms with E-state index in [0.717, 1.165) is 5.69 Å². The molecule has 0 saturated carbocycles. The number of ether oxygens (including phenoxy) is 4. The Morgan fingerprint density at radius 3 is 2.81 bits per heavy atom. The highest BCUT2D eigenvalue weighted by Crippen LogP contribution is 2.38. The molecule has 2 aliphatic rings. The molecule has 0 fully saturated rings. The summed E-state index contributed by atoms with van der Waals surface area (Å²) in [4.78, 5) is 31.1. The minimum Gasteiger partial charge on any atom is -0.464 e. The van der Waals surface area contributed by atoms with Gasteiger partial charge in [-0.25, -0.2) is 4.98 Å². The third kappa shape index (κ3) is 3.72. The van der Waals surface area contributed by atoms with Crippen LogP contribution in [0.1, 0.15) is 25.8 Å². The first kappa shape index (κ1) is 18.7. The highest BCUT2D eigenvalue weighted by Gasteiger charge is 2.42. The number of carbonyl (C=O) groups excluding carboxylic acids is 2. The molecule has 3 rings (SSSR count). The van der Waals surface area contributed by atoms with E-state index < -0.39 is 24.3 Å². The molecule has 11 heteroatoms. The van der Waals surface area contributed by atoms with Crippen LogP contribution in [0.25, 0.3) is 0 Å². The summed E-state index contributed by atoms with van der Waals surface area (Å²) < 4.78 is 23.5. The van der Waals surface area contributed by atoms with Gasteiger partial charge < -0.3 is 29.6 Å². The molecule has 2 aliphatic heterocycles. The van der Waals surface area contributed by atoms with Crippen LogP contribution >= 0.6 is 0 Å². The second kappa shape index (κ2) is 7.66. The number of aromatic nitrogens is 2. The van der Waals surface area contributed by atoms with E-state index in [9.17, 15) is 9.59 Å². The van der Waals surface area contributed by atoms with Crippen molar-refractivity contribution in [2.24, 2.45) is 4.99 Å². The lowest BCUT2D eigenvalue weighted by molar-refractivity contribution is -0.141. The molecule has 1 unspecified atom stereocenters. The van der Waals surface area contributed by atoms with Crippen molar-refractivity contribution in [3.05, 3.63) is 23.5 Å². The van der Waals surface area contributed by atoms with Crippen LogP contribution in [0.2, 0.25) is 0 Å². The lowest BCUT2D eigenvalue weighted by Crippen LogP contribution is -2.37. The number of anilines is 1. The average molecular weight is 379 g/mol. The maximum Gasteiger partial charge on any atom is 0.307 e. The molecule has 0 saturated heterocycles. The van der Waals surface area contributed by atoms with Gasteiger partial charge >= 0.3 is 11.9 Å². The van der Waals surface area contributed by atoms with Crippen LogP contribution in [0.4, 0.5) is 5.82 Å². The van der Waals surface area contributed by atoms with E-state index in [1.165, 1.54) is 21.0 Å². The number of hydrogen-bond donors (Lipinski definition) is 2. The molecule has 0 aliphatic carbocycles. The predicted molar refractivity (Wildman–Crippen MR) is 92.4 cm³/mol. The standard InChI is InChI=1S/C16H21N5O6/c1-8(22)25-6-11-12(26-9(2)23)13(24-4)15(27-11)21-7-19-10-5-18-16(17-3)20-14(10)21/h7,13,15H,5-6H2,1-4H3,(H2,17,18,20)/t13?,15-/m1/s1. The number of rotatable bonds is 5. The smallest absolute Gasteiger partial charge is 0.307 e. The van der Waals surface area contributed by atoms with Crippen molar-refractivity contribution in [1.29, 1.82) is 0 Å². The van der Waals surface area contributed by atoms with E-state index in [0.29, 0.717) is 18.3 Å². The number of hydrogen-bond acceptors (Lipinski definition) is 8. The predicted octanol–water partition coefficient (Wildman–Crippen LogP) is 0.266. The van der Waals surface area contributed by atoms with Gasteiger partial charge in [-0.05, 0) is 0 Å². The van der Waals surface area contributed by atoms with E-state index in [2.05, 4.69) is 20.6 Å². The molecule has 11 nitrogen and oxygen atoms in total. The van der Waals surface area contributed by atoms with Crippen molar-refractivity contribution in [2.75, 3.05) is 26.1 Å². The summed E-state index contributed by atoms with van der Waals surface area (Å²) in [5.74, 6) is 0.617. The number of imidazole rings is 1. The van der Waals surface area contributed by atoms with Gasteiger partial charge in [0.05, 0.1) is 12.9 Å². The number of nitrogens with one attached hydrogen (secondary N) is 2. The van der Waals surface area contributed by atoms with Crippen molar-refractivity contribution < 1.29 is 28.5 Å². The lowest BCUT2D eigenvalue weighted by atomic mass is 10.2. The molecule has 27 heavy (non-hydrogen) atoms. The lowest BCUT2D eigenvalue weighted by Gasteiger charge is -2.25. The Kier molecular flexibility index (Phi) is 5.31. The van der Waals surface area contributed by atoms with Gasteiger partial charge in [-0.2, -0.15) is 0 Å². The zero-order valence-electron chi connectivity index (χ0n) is 15.4. The van der Waals surface area contributed by atoms with Crippen LogP contribution in [0, 0.1) is 0 Å². The van der Waals surface area contributed by atoms with Gasteiger partial charge in [0.15, 0.2) is 30.2 Å². The second-order valence-corrected chi connectivity index (χ2v) is 5.82. The molecule has 1 aromatic rings. The first-order valence-corrected chi connectivity index (χ1v) is 8.22. The van der Waals surface area contributed by atoms with E-state index in [1.54, 1.807) is 17.9 Å². The minimum absolute atomic E-state index is 0.164. The highest BCUT2D eigenvalue weighted by molar-refractivity contribution is 5.95.